The van der Waals surface area contributed by atoms with Gasteiger partial charge in [0.05, 0.1) is 5.56 Å². The van der Waals surface area contributed by atoms with Crippen molar-refractivity contribution in [1.29, 1.82) is 0 Å². The number of aromatic hydroxyl groups is 1. The number of rotatable bonds is 3. The standard InChI is InChI=1S/C15H14F2N2O2/c1-19(8-9-2-4-12(16)13(17)6-9)15(21)11-7-10(20)3-5-14(11)18/h2-7,20H,8,18H2,1H3. The van der Waals surface area contributed by atoms with Crippen molar-refractivity contribution in [3.05, 3.63) is 59.2 Å². The molecule has 0 bridgehead atoms. The van der Waals surface area contributed by atoms with Crippen LogP contribution in [0.5, 0.6) is 5.75 Å². The highest BCUT2D eigenvalue weighted by atomic mass is 19.2. The van der Waals surface area contributed by atoms with E-state index in [0.29, 0.717) is 5.56 Å². The molecule has 0 heterocycles. The Bertz CT molecular complexity index is 689. The minimum atomic E-state index is -0.967. The number of carbonyl (C=O) groups excluding carboxylic acids is 1. The van der Waals surface area contributed by atoms with Crippen molar-refractivity contribution in [1.82, 2.24) is 4.90 Å². The minimum absolute atomic E-state index is 0.0752. The van der Waals surface area contributed by atoms with E-state index in [0.717, 1.165) is 12.1 Å². The second-order valence-electron chi connectivity index (χ2n) is 4.68. The first-order chi connectivity index (χ1) is 9.88. The molecular weight excluding hydrogens is 278 g/mol. The predicted octanol–water partition coefficient (Wildman–Crippen LogP) is 2.52. The van der Waals surface area contributed by atoms with Crippen molar-refractivity contribution in [3.8, 4) is 5.75 Å². The van der Waals surface area contributed by atoms with Gasteiger partial charge in [-0.2, -0.15) is 0 Å². The van der Waals surface area contributed by atoms with Crippen LogP contribution in [0.1, 0.15) is 15.9 Å². The fourth-order valence-electron chi connectivity index (χ4n) is 1.92. The average Bonchev–Trinajstić information content (AvgIpc) is 2.44. The van der Waals surface area contributed by atoms with Crippen molar-refractivity contribution in [3.63, 3.8) is 0 Å². The van der Waals surface area contributed by atoms with Gasteiger partial charge in [0.1, 0.15) is 5.75 Å². The Labute approximate surface area is 120 Å². The summed E-state index contributed by atoms with van der Waals surface area (Å²) in [6.45, 7) is 0.0884. The smallest absolute Gasteiger partial charge is 0.256 e. The van der Waals surface area contributed by atoms with E-state index in [1.54, 1.807) is 0 Å². The maximum Gasteiger partial charge on any atom is 0.256 e. The molecule has 0 fully saturated rings. The normalized spacial score (nSPS) is 10.4. The summed E-state index contributed by atoms with van der Waals surface area (Å²) in [6.07, 6.45) is 0. The molecule has 4 nitrogen and oxygen atoms in total. The maximum atomic E-state index is 13.1. The first-order valence-corrected chi connectivity index (χ1v) is 6.16. The van der Waals surface area contributed by atoms with Gasteiger partial charge in [-0.05, 0) is 35.9 Å². The predicted molar refractivity (Wildman–Crippen MR) is 74.7 cm³/mol. The molecule has 0 aliphatic rings. The van der Waals surface area contributed by atoms with Crippen molar-refractivity contribution in [2.24, 2.45) is 0 Å². The van der Waals surface area contributed by atoms with E-state index in [9.17, 15) is 18.7 Å². The maximum absolute atomic E-state index is 13.1. The van der Waals surface area contributed by atoms with Crippen LogP contribution >= 0.6 is 0 Å². The monoisotopic (exact) mass is 292 g/mol. The Kier molecular flexibility index (Phi) is 4.07. The van der Waals surface area contributed by atoms with Crippen molar-refractivity contribution in [2.75, 3.05) is 12.8 Å². The molecule has 2 aromatic rings. The Balaban J connectivity index is 2.19. The number of nitrogens with two attached hydrogens (primary N) is 1. The molecular formula is C15H14F2N2O2. The van der Waals surface area contributed by atoms with Gasteiger partial charge in [0.2, 0.25) is 0 Å². The number of hydrogen-bond donors (Lipinski definition) is 2. The lowest BCUT2D eigenvalue weighted by Gasteiger charge is -2.18. The van der Waals surface area contributed by atoms with Crippen LogP contribution in [0.2, 0.25) is 0 Å². The lowest BCUT2D eigenvalue weighted by Crippen LogP contribution is -2.27. The average molecular weight is 292 g/mol. The van der Waals surface area contributed by atoms with E-state index in [1.165, 1.54) is 36.2 Å². The quantitative estimate of drug-likeness (QED) is 0.675. The molecule has 0 spiro atoms. The Morgan fingerprint density at radius 3 is 2.57 bits per heavy atom. The third-order valence-electron chi connectivity index (χ3n) is 3.02. The highest BCUT2D eigenvalue weighted by molar-refractivity contribution is 5.99. The molecule has 2 aromatic carbocycles. The topological polar surface area (TPSA) is 66.6 Å². The van der Waals surface area contributed by atoms with Gasteiger partial charge in [-0.15, -0.1) is 0 Å². The number of phenolic OH excluding ortho intramolecular Hbond substituents is 1. The first kappa shape index (κ1) is 14.8. The van der Waals surface area contributed by atoms with Crippen molar-refractivity contribution < 1.29 is 18.7 Å². The molecule has 0 saturated carbocycles. The van der Waals surface area contributed by atoms with Crippen LogP contribution in [0, 0.1) is 11.6 Å². The SMILES string of the molecule is CN(Cc1ccc(F)c(F)c1)C(=O)c1cc(O)ccc1N. The molecule has 0 radical (unpaired) electrons. The molecule has 110 valence electrons. The molecule has 0 atom stereocenters. The highest BCUT2D eigenvalue weighted by Crippen LogP contribution is 2.20. The van der Waals surface area contributed by atoms with Gasteiger partial charge in [-0.1, -0.05) is 6.07 Å². The zero-order valence-electron chi connectivity index (χ0n) is 11.3. The zero-order chi connectivity index (χ0) is 15.6. The molecule has 6 heteroatoms. The number of nitrogens with zero attached hydrogens (tertiary/aromatic N) is 1. The molecule has 2 rings (SSSR count). The molecule has 0 aliphatic heterocycles. The molecule has 3 N–H and O–H groups in total. The molecule has 0 aliphatic carbocycles. The van der Waals surface area contributed by atoms with Gasteiger partial charge in [-0.3, -0.25) is 4.79 Å². The third kappa shape index (κ3) is 3.28. The molecule has 21 heavy (non-hydrogen) atoms. The summed E-state index contributed by atoms with van der Waals surface area (Å²) in [7, 11) is 1.51. The van der Waals surface area contributed by atoms with Crippen molar-refractivity contribution in [2.45, 2.75) is 6.54 Å². The summed E-state index contributed by atoms with van der Waals surface area (Å²) < 4.78 is 26.0. The highest BCUT2D eigenvalue weighted by Gasteiger charge is 2.16. The summed E-state index contributed by atoms with van der Waals surface area (Å²) in [5.41, 5.74) is 6.53. The van der Waals surface area contributed by atoms with Gasteiger partial charge < -0.3 is 15.7 Å². The van der Waals surface area contributed by atoms with Crippen LogP contribution in [0.3, 0.4) is 0 Å². The Morgan fingerprint density at radius 2 is 1.90 bits per heavy atom. The number of anilines is 1. The fourth-order valence-corrected chi connectivity index (χ4v) is 1.92. The van der Waals surface area contributed by atoms with Crippen LogP contribution < -0.4 is 5.73 Å². The number of benzene rings is 2. The van der Waals surface area contributed by atoms with E-state index in [4.69, 9.17) is 5.73 Å². The molecule has 0 aromatic heterocycles. The van der Waals surface area contributed by atoms with E-state index in [2.05, 4.69) is 0 Å². The number of amides is 1. The minimum Gasteiger partial charge on any atom is -0.508 e. The number of carbonyl (C=O) groups is 1. The lowest BCUT2D eigenvalue weighted by atomic mass is 10.1. The van der Waals surface area contributed by atoms with Crippen molar-refractivity contribution >= 4 is 11.6 Å². The molecule has 0 saturated heterocycles. The van der Waals surface area contributed by atoms with E-state index in [-0.39, 0.29) is 23.5 Å². The number of hydrogen-bond acceptors (Lipinski definition) is 3. The first-order valence-electron chi connectivity index (χ1n) is 6.16. The van der Waals surface area contributed by atoms with Crippen LogP contribution in [0.15, 0.2) is 36.4 Å². The van der Waals surface area contributed by atoms with E-state index < -0.39 is 17.5 Å². The van der Waals surface area contributed by atoms with Crippen LogP contribution in [0.25, 0.3) is 0 Å². The second-order valence-corrected chi connectivity index (χ2v) is 4.68. The Hall–Kier alpha value is -2.63. The summed E-state index contributed by atoms with van der Waals surface area (Å²) in [6, 6.07) is 7.50. The van der Waals surface area contributed by atoms with E-state index >= 15 is 0 Å². The number of nitrogen functional groups attached to an aromatic ring is 1. The zero-order valence-corrected chi connectivity index (χ0v) is 11.3. The lowest BCUT2D eigenvalue weighted by molar-refractivity contribution is 0.0785. The summed E-state index contributed by atoms with van der Waals surface area (Å²) in [5, 5.41) is 9.41. The van der Waals surface area contributed by atoms with E-state index in [1.807, 2.05) is 0 Å². The van der Waals surface area contributed by atoms with Crippen LogP contribution in [-0.4, -0.2) is 23.0 Å². The third-order valence-corrected chi connectivity index (χ3v) is 3.02. The second kappa shape index (κ2) is 5.78. The molecule has 1 amide bonds. The van der Waals surface area contributed by atoms with Gasteiger partial charge in [0.25, 0.3) is 5.91 Å². The molecule has 0 unspecified atom stereocenters. The number of halogens is 2. The van der Waals surface area contributed by atoms with Gasteiger partial charge in [0.15, 0.2) is 11.6 Å². The van der Waals surface area contributed by atoms with Crippen LogP contribution in [-0.2, 0) is 6.54 Å². The summed E-state index contributed by atoms with van der Waals surface area (Å²) in [4.78, 5) is 13.5. The van der Waals surface area contributed by atoms with Gasteiger partial charge >= 0.3 is 0 Å². The summed E-state index contributed by atoms with van der Waals surface area (Å²) in [5.74, 6) is -2.41. The summed E-state index contributed by atoms with van der Waals surface area (Å²) >= 11 is 0. The van der Waals surface area contributed by atoms with Crippen LogP contribution in [0.4, 0.5) is 14.5 Å². The van der Waals surface area contributed by atoms with Gasteiger partial charge in [0, 0.05) is 19.3 Å². The fraction of sp³-hybridized carbons (Fsp3) is 0.133. The Morgan fingerprint density at radius 1 is 1.19 bits per heavy atom. The van der Waals surface area contributed by atoms with Gasteiger partial charge in [-0.25, -0.2) is 8.78 Å². The largest absolute Gasteiger partial charge is 0.508 e. The number of phenols is 1.